The predicted octanol–water partition coefficient (Wildman–Crippen LogP) is 5.21. The molecule has 0 saturated carbocycles. The number of hydrogen-bond acceptors (Lipinski definition) is 1. The Morgan fingerprint density at radius 3 is 1.12 bits per heavy atom. The minimum absolute atomic E-state index is 1.16. The van der Waals surface area contributed by atoms with Crippen LogP contribution in [0.5, 0.6) is 0 Å². The fourth-order valence-electron chi connectivity index (χ4n) is 2.49. The molecule has 0 unspecified atom stereocenters. The molecule has 0 heterocycles. The molecule has 0 fully saturated rings. The third kappa shape index (κ3) is 10.0. The van der Waals surface area contributed by atoms with Crippen molar-refractivity contribution >= 4 is 7.49 Å². The standard InChI is InChI=1S/C15H35OP/c1-4-7-10-13-17(16,14-11-8-5-2)15-12-9-6-3/h16-17H,4-15H2,1-3H3. The Hall–Kier alpha value is 0.390. The summed E-state index contributed by atoms with van der Waals surface area (Å²) >= 11 is 0. The molecule has 0 radical (unpaired) electrons. The molecule has 0 aliphatic carbocycles. The summed E-state index contributed by atoms with van der Waals surface area (Å²) in [6.07, 6.45) is 15.0. The molecule has 0 aliphatic rings. The maximum absolute atomic E-state index is 10.8. The van der Waals surface area contributed by atoms with Crippen molar-refractivity contribution < 1.29 is 4.89 Å². The second-order valence-electron chi connectivity index (χ2n) is 5.60. The van der Waals surface area contributed by atoms with E-state index in [-0.39, 0.29) is 0 Å². The van der Waals surface area contributed by atoms with Crippen LogP contribution in [-0.4, -0.2) is 23.4 Å². The minimum atomic E-state index is -1.86. The van der Waals surface area contributed by atoms with Crippen LogP contribution in [0.4, 0.5) is 0 Å². The summed E-state index contributed by atoms with van der Waals surface area (Å²) in [5.41, 5.74) is 0. The van der Waals surface area contributed by atoms with Gasteiger partial charge in [0.2, 0.25) is 0 Å². The molecule has 0 aromatic heterocycles. The van der Waals surface area contributed by atoms with E-state index >= 15 is 0 Å². The summed E-state index contributed by atoms with van der Waals surface area (Å²) in [5.74, 6) is 0. The Balaban J connectivity index is 3.95. The average Bonchev–Trinajstić information content (AvgIpc) is 2.30. The van der Waals surface area contributed by atoms with Crippen LogP contribution in [0.2, 0.25) is 0 Å². The van der Waals surface area contributed by atoms with E-state index in [0.717, 1.165) is 18.5 Å². The van der Waals surface area contributed by atoms with E-state index in [0.29, 0.717) is 0 Å². The Kier molecular flexibility index (Phi) is 11.7. The first kappa shape index (κ1) is 17.4. The van der Waals surface area contributed by atoms with Gasteiger partial charge in [-0.25, -0.2) is 0 Å². The zero-order valence-corrected chi connectivity index (χ0v) is 13.4. The van der Waals surface area contributed by atoms with Gasteiger partial charge in [-0.05, 0) is 0 Å². The summed E-state index contributed by atoms with van der Waals surface area (Å²) in [7, 11) is -1.86. The first-order valence-corrected chi connectivity index (χ1v) is 10.5. The van der Waals surface area contributed by atoms with Crippen molar-refractivity contribution in [3.63, 3.8) is 0 Å². The summed E-state index contributed by atoms with van der Waals surface area (Å²) in [6, 6.07) is 0. The summed E-state index contributed by atoms with van der Waals surface area (Å²) in [6.45, 7) is 6.73. The molecule has 2 heteroatoms. The van der Waals surface area contributed by atoms with Crippen LogP contribution in [0.25, 0.3) is 0 Å². The second-order valence-corrected chi connectivity index (χ2v) is 9.54. The van der Waals surface area contributed by atoms with E-state index in [1.165, 1.54) is 57.8 Å². The van der Waals surface area contributed by atoms with Crippen LogP contribution < -0.4 is 0 Å². The molecule has 0 aromatic rings. The molecular weight excluding hydrogens is 227 g/mol. The maximum atomic E-state index is 10.8. The SMILES string of the molecule is CCCCC[PH](O)(CCCCC)CCCCC. The number of unbranched alkanes of at least 4 members (excludes halogenated alkanes) is 6. The quantitative estimate of drug-likeness (QED) is 0.378. The van der Waals surface area contributed by atoms with E-state index < -0.39 is 7.49 Å². The van der Waals surface area contributed by atoms with Crippen molar-refractivity contribution in [2.24, 2.45) is 0 Å². The van der Waals surface area contributed by atoms with Gasteiger partial charge in [0.1, 0.15) is 0 Å². The fraction of sp³-hybridized carbons (Fsp3) is 1.00. The summed E-state index contributed by atoms with van der Waals surface area (Å²) in [5, 5.41) is 0. The van der Waals surface area contributed by atoms with Crippen molar-refractivity contribution in [1.29, 1.82) is 0 Å². The number of rotatable bonds is 12. The van der Waals surface area contributed by atoms with Gasteiger partial charge in [0.15, 0.2) is 0 Å². The van der Waals surface area contributed by atoms with Crippen LogP contribution >= 0.6 is 7.49 Å². The molecule has 0 rings (SSSR count). The van der Waals surface area contributed by atoms with E-state index in [2.05, 4.69) is 20.8 Å². The molecule has 0 bridgehead atoms. The van der Waals surface area contributed by atoms with Gasteiger partial charge in [-0.3, -0.25) is 0 Å². The van der Waals surface area contributed by atoms with Crippen LogP contribution in [0.1, 0.15) is 78.6 Å². The molecule has 0 spiro atoms. The van der Waals surface area contributed by atoms with Crippen LogP contribution in [0.3, 0.4) is 0 Å². The van der Waals surface area contributed by atoms with Crippen molar-refractivity contribution in [3.8, 4) is 0 Å². The van der Waals surface area contributed by atoms with E-state index in [1.54, 1.807) is 0 Å². The molecule has 0 atom stereocenters. The van der Waals surface area contributed by atoms with Crippen LogP contribution in [0, 0.1) is 0 Å². The zero-order chi connectivity index (χ0) is 13.0. The molecule has 0 aliphatic heterocycles. The Labute approximate surface area is 110 Å². The summed E-state index contributed by atoms with van der Waals surface area (Å²) in [4.78, 5) is 10.8. The molecular formula is C15H35OP. The molecule has 1 N–H and O–H groups in total. The van der Waals surface area contributed by atoms with Crippen LogP contribution in [0.15, 0.2) is 0 Å². The first-order chi connectivity index (χ1) is 8.18. The van der Waals surface area contributed by atoms with E-state index in [1.807, 2.05) is 0 Å². The van der Waals surface area contributed by atoms with Crippen molar-refractivity contribution in [2.45, 2.75) is 78.6 Å². The van der Waals surface area contributed by atoms with E-state index in [9.17, 15) is 4.89 Å². The molecule has 1 nitrogen and oxygen atoms in total. The van der Waals surface area contributed by atoms with Gasteiger partial charge >= 0.3 is 109 Å². The fourth-order valence-corrected chi connectivity index (χ4v) is 5.96. The van der Waals surface area contributed by atoms with Gasteiger partial charge in [0, 0.05) is 0 Å². The Morgan fingerprint density at radius 2 is 0.882 bits per heavy atom. The van der Waals surface area contributed by atoms with Crippen molar-refractivity contribution in [3.05, 3.63) is 0 Å². The zero-order valence-electron chi connectivity index (χ0n) is 12.4. The monoisotopic (exact) mass is 262 g/mol. The molecule has 17 heavy (non-hydrogen) atoms. The third-order valence-corrected chi connectivity index (χ3v) is 7.59. The first-order valence-electron chi connectivity index (χ1n) is 7.91. The summed E-state index contributed by atoms with van der Waals surface area (Å²) < 4.78 is 0. The predicted molar refractivity (Wildman–Crippen MR) is 83.7 cm³/mol. The van der Waals surface area contributed by atoms with Crippen LogP contribution in [-0.2, 0) is 0 Å². The normalized spacial score (nSPS) is 12.9. The van der Waals surface area contributed by atoms with Gasteiger partial charge < -0.3 is 0 Å². The Bertz CT molecular complexity index is 132. The van der Waals surface area contributed by atoms with Gasteiger partial charge in [-0.2, -0.15) is 0 Å². The average molecular weight is 262 g/mol. The molecule has 0 saturated heterocycles. The van der Waals surface area contributed by atoms with Crippen molar-refractivity contribution in [2.75, 3.05) is 18.5 Å². The topological polar surface area (TPSA) is 20.2 Å². The van der Waals surface area contributed by atoms with Gasteiger partial charge in [-0.1, -0.05) is 0 Å². The Morgan fingerprint density at radius 1 is 0.588 bits per heavy atom. The molecule has 0 amide bonds. The van der Waals surface area contributed by atoms with Gasteiger partial charge in [-0.15, -0.1) is 0 Å². The van der Waals surface area contributed by atoms with Gasteiger partial charge in [0.25, 0.3) is 0 Å². The van der Waals surface area contributed by atoms with Gasteiger partial charge in [0.05, 0.1) is 0 Å². The van der Waals surface area contributed by atoms with Crippen molar-refractivity contribution in [1.82, 2.24) is 0 Å². The number of hydrogen-bond donors (Lipinski definition) is 1. The third-order valence-electron chi connectivity index (χ3n) is 3.74. The molecule has 0 aromatic carbocycles. The molecule has 106 valence electrons. The van der Waals surface area contributed by atoms with E-state index in [4.69, 9.17) is 0 Å². The second kappa shape index (κ2) is 11.5.